The molecular formula is C10H18F3NOS2. The Morgan fingerprint density at radius 1 is 1.41 bits per heavy atom. The molecule has 7 heteroatoms. The fourth-order valence-corrected chi connectivity index (χ4v) is 2.67. The molecular weight excluding hydrogens is 271 g/mol. The topological polar surface area (TPSA) is 20.3 Å². The van der Waals surface area contributed by atoms with Crippen molar-refractivity contribution in [2.24, 2.45) is 0 Å². The number of carbonyl (C=O) groups excluding carboxylic acids is 1. The van der Waals surface area contributed by atoms with Crippen LogP contribution in [-0.4, -0.2) is 48.0 Å². The summed E-state index contributed by atoms with van der Waals surface area (Å²) < 4.78 is 38.6. The lowest BCUT2D eigenvalue weighted by Crippen LogP contribution is -2.50. The van der Waals surface area contributed by atoms with Gasteiger partial charge in [0.25, 0.3) is 0 Å². The summed E-state index contributed by atoms with van der Waals surface area (Å²) in [7, 11) is 4.19. The van der Waals surface area contributed by atoms with Gasteiger partial charge < -0.3 is 0 Å². The van der Waals surface area contributed by atoms with E-state index in [1.165, 1.54) is 42.5 Å². The summed E-state index contributed by atoms with van der Waals surface area (Å²) in [5.74, 6) is 0.166. The van der Waals surface area contributed by atoms with E-state index >= 15 is 0 Å². The third kappa shape index (κ3) is 6.01. The van der Waals surface area contributed by atoms with E-state index in [0.717, 1.165) is 4.90 Å². The molecule has 0 saturated carbocycles. The average molecular weight is 289 g/mol. The maximum Gasteiger partial charge on any atom is 0.404 e. The molecule has 0 aromatic heterocycles. The Morgan fingerprint density at radius 2 is 1.94 bits per heavy atom. The molecule has 0 spiro atoms. The molecule has 0 aliphatic heterocycles. The molecule has 17 heavy (non-hydrogen) atoms. The number of alkyl halides is 3. The van der Waals surface area contributed by atoms with Crippen molar-refractivity contribution in [1.29, 1.82) is 0 Å². The molecule has 0 heterocycles. The Labute approximate surface area is 108 Å². The van der Waals surface area contributed by atoms with Gasteiger partial charge in [0.15, 0.2) is 0 Å². The molecule has 2 unspecified atom stereocenters. The molecule has 0 fully saturated rings. The highest BCUT2D eigenvalue weighted by atomic mass is 33.1. The van der Waals surface area contributed by atoms with Gasteiger partial charge >= 0.3 is 6.18 Å². The Balaban J connectivity index is 4.62. The van der Waals surface area contributed by atoms with Crippen molar-refractivity contribution in [3.8, 4) is 0 Å². The summed E-state index contributed by atoms with van der Waals surface area (Å²) in [6.07, 6.45) is -2.46. The predicted octanol–water partition coefficient (Wildman–Crippen LogP) is 3.23. The van der Waals surface area contributed by atoms with E-state index in [-0.39, 0.29) is 12.2 Å². The lowest BCUT2D eigenvalue weighted by Gasteiger charge is -2.33. The van der Waals surface area contributed by atoms with Crippen LogP contribution in [0.15, 0.2) is 0 Å². The van der Waals surface area contributed by atoms with Crippen LogP contribution in [0.1, 0.15) is 20.3 Å². The highest BCUT2D eigenvalue weighted by molar-refractivity contribution is 8.76. The molecule has 0 aliphatic carbocycles. The van der Waals surface area contributed by atoms with E-state index in [2.05, 4.69) is 0 Å². The smallest absolute Gasteiger partial charge is 0.298 e. The van der Waals surface area contributed by atoms with Crippen molar-refractivity contribution < 1.29 is 18.0 Å². The van der Waals surface area contributed by atoms with Crippen LogP contribution in [-0.2, 0) is 4.79 Å². The lowest BCUT2D eigenvalue weighted by molar-refractivity contribution is -0.185. The van der Waals surface area contributed by atoms with Gasteiger partial charge in [0.1, 0.15) is 11.8 Å². The first-order chi connectivity index (χ1) is 7.71. The predicted molar refractivity (Wildman–Crippen MR) is 68.3 cm³/mol. The standard InChI is InChI=1S/C10H18F3NOS2/c1-7(8(2)15)14(3)9(10(11,12)13)5-6-17-16-4/h7,9H,5-6H2,1-4H3. The maximum atomic E-state index is 12.9. The summed E-state index contributed by atoms with van der Waals surface area (Å²) in [6.45, 7) is 2.81. The monoisotopic (exact) mass is 289 g/mol. The zero-order chi connectivity index (χ0) is 13.6. The van der Waals surface area contributed by atoms with Crippen LogP contribution in [0.25, 0.3) is 0 Å². The SMILES string of the molecule is CSSCCC(N(C)C(C)C(C)=O)C(F)(F)F. The summed E-state index contributed by atoms with van der Waals surface area (Å²) in [6, 6.07) is -2.26. The fraction of sp³-hybridized carbons (Fsp3) is 0.900. The van der Waals surface area contributed by atoms with Crippen LogP contribution >= 0.6 is 21.6 Å². The van der Waals surface area contributed by atoms with Gasteiger partial charge in [0.05, 0.1) is 6.04 Å². The molecule has 0 radical (unpaired) electrons. The number of hydrogen-bond donors (Lipinski definition) is 0. The molecule has 0 bridgehead atoms. The van der Waals surface area contributed by atoms with Gasteiger partial charge in [-0.15, -0.1) is 0 Å². The second-order valence-electron chi connectivity index (χ2n) is 3.79. The van der Waals surface area contributed by atoms with E-state index in [4.69, 9.17) is 0 Å². The van der Waals surface area contributed by atoms with Gasteiger partial charge in [-0.25, -0.2) is 0 Å². The minimum atomic E-state index is -4.29. The van der Waals surface area contributed by atoms with Crippen LogP contribution in [0.4, 0.5) is 13.2 Å². The highest BCUT2D eigenvalue weighted by Gasteiger charge is 2.43. The van der Waals surface area contributed by atoms with Crippen molar-refractivity contribution >= 4 is 27.4 Å². The molecule has 0 aromatic carbocycles. The minimum absolute atomic E-state index is 0.00310. The van der Waals surface area contributed by atoms with Gasteiger partial charge in [-0.2, -0.15) is 13.2 Å². The molecule has 2 atom stereocenters. The second-order valence-corrected chi connectivity index (χ2v) is 6.47. The van der Waals surface area contributed by atoms with Gasteiger partial charge in [0, 0.05) is 5.75 Å². The van der Waals surface area contributed by atoms with Gasteiger partial charge in [-0.05, 0) is 33.6 Å². The molecule has 0 saturated heterocycles. The fourth-order valence-electron chi connectivity index (χ4n) is 1.40. The van der Waals surface area contributed by atoms with E-state index in [1.54, 1.807) is 0 Å². The summed E-state index contributed by atoms with van der Waals surface area (Å²) in [5.41, 5.74) is 0. The Bertz CT molecular complexity index is 248. The minimum Gasteiger partial charge on any atom is -0.298 e. The van der Waals surface area contributed by atoms with E-state index in [1.807, 2.05) is 6.26 Å². The first-order valence-corrected chi connectivity index (χ1v) is 7.89. The zero-order valence-electron chi connectivity index (χ0n) is 10.4. The van der Waals surface area contributed by atoms with E-state index in [0.29, 0.717) is 5.75 Å². The van der Waals surface area contributed by atoms with Crippen molar-refractivity contribution in [2.75, 3.05) is 19.1 Å². The number of rotatable bonds is 7. The molecule has 0 rings (SSSR count). The van der Waals surface area contributed by atoms with Gasteiger partial charge in [-0.3, -0.25) is 9.69 Å². The normalized spacial score (nSPS) is 16.0. The van der Waals surface area contributed by atoms with Crippen molar-refractivity contribution in [3.05, 3.63) is 0 Å². The largest absolute Gasteiger partial charge is 0.404 e. The third-order valence-corrected chi connectivity index (χ3v) is 4.51. The lowest BCUT2D eigenvalue weighted by atomic mass is 10.1. The van der Waals surface area contributed by atoms with Crippen molar-refractivity contribution in [2.45, 2.75) is 38.5 Å². The molecule has 0 amide bonds. The highest BCUT2D eigenvalue weighted by Crippen LogP contribution is 2.30. The number of carbonyl (C=O) groups is 1. The molecule has 2 nitrogen and oxygen atoms in total. The first kappa shape index (κ1) is 17.1. The Kier molecular flexibility index (Phi) is 7.58. The van der Waals surface area contributed by atoms with Crippen LogP contribution in [0.2, 0.25) is 0 Å². The summed E-state index contributed by atoms with van der Waals surface area (Å²) in [5, 5.41) is 0. The average Bonchev–Trinajstić information content (AvgIpc) is 2.20. The van der Waals surface area contributed by atoms with Crippen molar-refractivity contribution in [3.63, 3.8) is 0 Å². The first-order valence-electron chi connectivity index (χ1n) is 5.16. The summed E-state index contributed by atoms with van der Waals surface area (Å²) in [4.78, 5) is 12.2. The number of ketones is 1. The van der Waals surface area contributed by atoms with Crippen LogP contribution in [0.5, 0.6) is 0 Å². The molecule has 0 N–H and O–H groups in total. The number of hydrogen-bond acceptors (Lipinski definition) is 4. The number of likely N-dealkylation sites (N-methyl/N-ethyl adjacent to an activating group) is 1. The van der Waals surface area contributed by atoms with E-state index < -0.39 is 18.3 Å². The molecule has 102 valence electrons. The number of nitrogens with zero attached hydrogens (tertiary/aromatic N) is 1. The van der Waals surface area contributed by atoms with Crippen LogP contribution in [0, 0.1) is 0 Å². The second kappa shape index (κ2) is 7.53. The third-order valence-electron chi connectivity index (χ3n) is 2.66. The molecule has 0 aromatic rings. The van der Waals surface area contributed by atoms with Crippen LogP contribution < -0.4 is 0 Å². The van der Waals surface area contributed by atoms with Gasteiger partial charge in [-0.1, -0.05) is 21.6 Å². The number of Topliss-reactive ketones (excluding diaryl/α,β-unsaturated/α-hetero) is 1. The quantitative estimate of drug-likeness (QED) is 0.529. The van der Waals surface area contributed by atoms with Crippen LogP contribution in [0.3, 0.4) is 0 Å². The Hall–Kier alpha value is 0.120. The van der Waals surface area contributed by atoms with E-state index in [9.17, 15) is 18.0 Å². The number of halogens is 3. The summed E-state index contributed by atoms with van der Waals surface area (Å²) >= 11 is 0. The molecule has 0 aliphatic rings. The maximum absolute atomic E-state index is 12.9. The Morgan fingerprint density at radius 3 is 2.29 bits per heavy atom. The zero-order valence-corrected chi connectivity index (χ0v) is 12.0. The van der Waals surface area contributed by atoms with Gasteiger partial charge in [0.2, 0.25) is 0 Å². The van der Waals surface area contributed by atoms with Crippen molar-refractivity contribution in [1.82, 2.24) is 4.90 Å².